The Morgan fingerprint density at radius 1 is 0.857 bits per heavy atom. The maximum absolute atomic E-state index is 11.2. The molecule has 1 aliphatic carbocycles. The van der Waals surface area contributed by atoms with Gasteiger partial charge in [-0.25, -0.2) is 0 Å². The van der Waals surface area contributed by atoms with Crippen LogP contribution in [0.2, 0.25) is 0 Å². The molecule has 0 atom stereocenters. The summed E-state index contributed by atoms with van der Waals surface area (Å²) in [5.41, 5.74) is 3.29. The second-order valence-electron chi connectivity index (χ2n) is 10.8. The minimum absolute atomic E-state index is 0.00407. The van der Waals surface area contributed by atoms with Crippen molar-refractivity contribution in [3.8, 4) is 5.75 Å². The summed E-state index contributed by atoms with van der Waals surface area (Å²) >= 11 is -0.00407. The predicted octanol–water partition coefficient (Wildman–Crippen LogP) is 5.19. The molecule has 2 aromatic rings. The number of rotatable bonds is 12. The first kappa shape index (κ1) is 27.3. The van der Waals surface area contributed by atoms with Crippen LogP contribution < -0.4 is 13.7 Å². The van der Waals surface area contributed by atoms with Gasteiger partial charge in [0.15, 0.2) is 0 Å². The van der Waals surface area contributed by atoms with Crippen LogP contribution in [0.25, 0.3) is 0 Å². The summed E-state index contributed by atoms with van der Waals surface area (Å²) in [5.74, 6) is -0.685. The van der Waals surface area contributed by atoms with Gasteiger partial charge in [-0.05, 0) is 0 Å². The molecule has 1 aliphatic rings. The number of carboxylic acid groups (broad SMARTS) is 2. The number of aliphatic carboxylic acids is 1. The van der Waals surface area contributed by atoms with Crippen LogP contribution in [0.1, 0.15) is 101 Å². The molecule has 2 aromatic carbocycles. The van der Waals surface area contributed by atoms with Crippen molar-refractivity contribution in [3.63, 3.8) is 0 Å². The number of aromatic carboxylic acids is 1. The van der Waals surface area contributed by atoms with Gasteiger partial charge in [0.25, 0.3) is 0 Å². The van der Waals surface area contributed by atoms with Gasteiger partial charge in [0.2, 0.25) is 0 Å². The Morgan fingerprint density at radius 3 is 2.03 bits per heavy atom. The van der Waals surface area contributed by atoms with Gasteiger partial charge in [-0.15, -0.1) is 0 Å². The maximum atomic E-state index is 11.2. The second kappa shape index (κ2) is 11.6. The number of hydrogen-bond donors (Lipinski definition) is 2. The van der Waals surface area contributed by atoms with Gasteiger partial charge < -0.3 is 0 Å². The van der Waals surface area contributed by atoms with Crippen molar-refractivity contribution < 1.29 is 24.5 Å². The van der Waals surface area contributed by atoms with E-state index in [4.69, 9.17) is 9.84 Å². The van der Waals surface area contributed by atoms with E-state index in [1.54, 1.807) is 12.1 Å². The van der Waals surface area contributed by atoms with E-state index in [1.165, 1.54) is 15.6 Å². The fourth-order valence-electron chi connectivity index (χ4n) is 4.65. The molecule has 0 aromatic heterocycles. The van der Waals surface area contributed by atoms with E-state index in [0.29, 0.717) is 12.2 Å². The number of benzene rings is 2. The summed E-state index contributed by atoms with van der Waals surface area (Å²) in [7, 11) is 0. The van der Waals surface area contributed by atoms with Gasteiger partial charge in [-0.1, -0.05) is 0 Å². The summed E-state index contributed by atoms with van der Waals surface area (Å²) < 4.78 is 8.70. The van der Waals surface area contributed by atoms with E-state index < -0.39 is 11.9 Å². The molecule has 6 heteroatoms. The molecule has 35 heavy (non-hydrogen) atoms. The topological polar surface area (TPSA) is 83.8 Å². The molecule has 0 saturated carbocycles. The summed E-state index contributed by atoms with van der Waals surface area (Å²) in [5, 5.41) is 18.0. The Kier molecular flexibility index (Phi) is 9.06. The van der Waals surface area contributed by atoms with Crippen LogP contribution in [0.5, 0.6) is 5.75 Å². The van der Waals surface area contributed by atoms with E-state index >= 15 is 0 Å². The number of carboxylic acids is 2. The van der Waals surface area contributed by atoms with Crippen LogP contribution >= 0.6 is 0 Å². The molecule has 0 amide bonds. The van der Waals surface area contributed by atoms with E-state index in [9.17, 15) is 14.7 Å². The summed E-state index contributed by atoms with van der Waals surface area (Å²) in [6, 6.07) is 11.8. The average Bonchev–Trinajstić information content (AvgIpc) is 2.79. The Bertz CT molecular complexity index is 1040. The zero-order valence-electron chi connectivity index (χ0n) is 21.4. The van der Waals surface area contributed by atoms with Gasteiger partial charge in [-0.2, -0.15) is 0 Å². The average molecular weight is 546 g/mol. The van der Waals surface area contributed by atoms with Gasteiger partial charge in [0.1, 0.15) is 0 Å². The van der Waals surface area contributed by atoms with Crippen LogP contribution in [0, 0.1) is 0 Å². The molecule has 3 rings (SSSR count). The number of fused-ring (bicyclic) bond motifs is 1. The minimum atomic E-state index is -0.909. The van der Waals surface area contributed by atoms with Crippen LogP contribution in [0.3, 0.4) is 0 Å². The third-order valence-corrected chi connectivity index (χ3v) is 9.24. The van der Waals surface area contributed by atoms with Crippen molar-refractivity contribution in [1.82, 2.24) is 0 Å². The van der Waals surface area contributed by atoms with Gasteiger partial charge in [0, 0.05) is 0 Å². The van der Waals surface area contributed by atoms with Crippen LogP contribution in [-0.4, -0.2) is 43.7 Å². The number of ether oxygens (including phenoxy) is 1. The quantitative estimate of drug-likeness (QED) is 0.283. The summed E-state index contributed by atoms with van der Waals surface area (Å²) in [4.78, 5) is 21.9. The zero-order valence-corrected chi connectivity index (χ0v) is 23.1. The van der Waals surface area contributed by atoms with Crippen molar-refractivity contribution in [2.24, 2.45) is 0 Å². The first-order chi connectivity index (χ1) is 16.5. The molecule has 190 valence electrons. The Hall–Kier alpha value is -2.30. The number of hydrogen-bond acceptors (Lipinski definition) is 3. The Labute approximate surface area is 215 Å². The molecule has 0 bridgehead atoms. The van der Waals surface area contributed by atoms with Crippen molar-refractivity contribution in [3.05, 3.63) is 53.1 Å². The third kappa shape index (κ3) is 7.34. The summed E-state index contributed by atoms with van der Waals surface area (Å²) in [6.07, 6.45) is 7.21. The molecule has 0 heterocycles. The molecule has 0 saturated heterocycles. The molecule has 2 N–H and O–H groups in total. The van der Waals surface area contributed by atoms with Gasteiger partial charge >= 0.3 is 216 Å². The fraction of sp³-hybridized carbons (Fsp3) is 0.517. The third-order valence-electron chi connectivity index (χ3n) is 7.04. The van der Waals surface area contributed by atoms with Gasteiger partial charge in [0.05, 0.1) is 0 Å². The summed E-state index contributed by atoms with van der Waals surface area (Å²) in [6.45, 7) is 9.92. The van der Waals surface area contributed by atoms with Crippen LogP contribution in [-0.2, 0) is 15.6 Å². The van der Waals surface area contributed by atoms with Crippen molar-refractivity contribution >= 4 is 35.8 Å². The van der Waals surface area contributed by atoms with Crippen molar-refractivity contribution in [2.45, 2.75) is 89.9 Å². The van der Waals surface area contributed by atoms with Crippen molar-refractivity contribution in [2.75, 3.05) is 6.61 Å². The molecule has 0 spiro atoms. The molecule has 0 radical (unpaired) electrons. The van der Waals surface area contributed by atoms with Crippen molar-refractivity contribution in [1.29, 1.82) is 0 Å². The van der Waals surface area contributed by atoms with Crippen LogP contribution in [0.4, 0.5) is 0 Å². The Balaban J connectivity index is 1.78. The number of carbonyl (C=O) groups is 2. The van der Waals surface area contributed by atoms with Gasteiger partial charge in [-0.3, -0.25) is 0 Å². The first-order valence-electron chi connectivity index (χ1n) is 12.5. The molecular weight excluding hydrogens is 507 g/mol. The fourth-order valence-corrected chi connectivity index (χ4v) is 6.58. The van der Waals surface area contributed by atoms with Crippen LogP contribution in [0.15, 0.2) is 36.4 Å². The van der Waals surface area contributed by atoms with E-state index in [-0.39, 0.29) is 32.2 Å². The Morgan fingerprint density at radius 2 is 1.43 bits per heavy atom. The normalized spacial score (nSPS) is 15.9. The first-order valence-corrected chi connectivity index (χ1v) is 14.3. The molecule has 0 fully saturated rings. The molecule has 0 aliphatic heterocycles. The number of unbranched alkanes of at least 4 members (excludes halogenated alkanes) is 4. The molecule has 5 nitrogen and oxygen atoms in total. The molecular formula is C29H38O5Se. The molecule has 0 unspecified atom stereocenters. The van der Waals surface area contributed by atoms with E-state index in [2.05, 4.69) is 39.8 Å². The monoisotopic (exact) mass is 546 g/mol. The van der Waals surface area contributed by atoms with E-state index in [1.807, 2.05) is 12.1 Å². The SMILES string of the molecule is CC1(C)CCC(C)(C)c2cc([Se]c3ccc(C(=O)O)cc3)c(OCCCCCCCC(=O)O)cc21. The second-order valence-corrected chi connectivity index (χ2v) is 13.1. The standard InChI is InChI=1S/C29H38O5Se/c1-28(2)15-16-29(3,4)23-19-25(35-21-13-11-20(12-14-21)27(32)33)24(18-22(23)28)34-17-9-7-5-6-8-10-26(30)31/h11-14,18-19H,5-10,15-17H2,1-4H3,(H,30,31)(H,32,33). The predicted molar refractivity (Wildman–Crippen MR) is 141 cm³/mol. The van der Waals surface area contributed by atoms with E-state index in [0.717, 1.165) is 55.2 Å². The zero-order chi connectivity index (χ0) is 25.6.